The number of nitrogens with one attached hydrogen (secondary N) is 2. The molecule has 1 fully saturated rings. The van der Waals surface area contributed by atoms with Gasteiger partial charge < -0.3 is 15.5 Å². The molecule has 154 valence electrons. The summed E-state index contributed by atoms with van der Waals surface area (Å²) in [7, 11) is 1.58. The van der Waals surface area contributed by atoms with Gasteiger partial charge in [-0.1, -0.05) is 24.3 Å². The largest absolute Gasteiger partial charge is 0.401 e. The smallest absolute Gasteiger partial charge is 0.352 e. The number of aliphatic imine (C=N–C) groups is 1. The number of rotatable bonds is 4. The molecule has 0 spiro atoms. The summed E-state index contributed by atoms with van der Waals surface area (Å²) in [6.45, 7) is 1.17. The van der Waals surface area contributed by atoms with Crippen molar-refractivity contribution in [2.75, 3.05) is 39.8 Å². The minimum absolute atomic E-state index is 0.0254. The van der Waals surface area contributed by atoms with Gasteiger partial charge in [0.2, 0.25) is 5.91 Å². The fourth-order valence-corrected chi connectivity index (χ4v) is 3.72. The highest BCUT2D eigenvalue weighted by molar-refractivity contribution is 5.86. The van der Waals surface area contributed by atoms with Crippen LogP contribution < -0.4 is 10.6 Å². The molecule has 0 saturated carbocycles. The Labute approximate surface area is 162 Å². The number of fused-ring (bicyclic) bond motifs is 1. The van der Waals surface area contributed by atoms with Crippen LogP contribution in [0.25, 0.3) is 0 Å². The number of carbonyl (C=O) groups excluding carboxylic acids is 1. The molecule has 0 bridgehead atoms. The first-order valence-electron chi connectivity index (χ1n) is 9.45. The van der Waals surface area contributed by atoms with E-state index in [1.165, 1.54) is 16.0 Å². The standard InChI is InChI=1S/C19H26F3N5O/c1-23-18(25-16-7-8-26(12-16)13-19(20,21)22)24-10-17(28)27-9-6-14-4-2-3-5-15(14)11-27/h2-5,16H,6-13H2,1H3,(H2,23,24,25). The molecular formula is C19H26F3N5O. The number of carbonyl (C=O) groups is 1. The van der Waals surface area contributed by atoms with Crippen molar-refractivity contribution in [2.24, 2.45) is 4.99 Å². The summed E-state index contributed by atoms with van der Waals surface area (Å²) in [5.74, 6) is 0.409. The first-order chi connectivity index (χ1) is 13.3. The molecular weight excluding hydrogens is 371 g/mol. The number of guanidine groups is 1. The topological polar surface area (TPSA) is 60.0 Å². The fourth-order valence-electron chi connectivity index (χ4n) is 3.72. The minimum atomic E-state index is -4.19. The number of amides is 1. The third-order valence-electron chi connectivity index (χ3n) is 5.13. The van der Waals surface area contributed by atoms with Gasteiger partial charge in [-0.2, -0.15) is 13.2 Å². The van der Waals surface area contributed by atoms with Gasteiger partial charge in [0, 0.05) is 39.3 Å². The van der Waals surface area contributed by atoms with E-state index in [0.717, 1.165) is 6.42 Å². The summed E-state index contributed by atoms with van der Waals surface area (Å²) in [6.07, 6.45) is -2.74. The van der Waals surface area contributed by atoms with Crippen LogP contribution in [0.5, 0.6) is 0 Å². The molecule has 28 heavy (non-hydrogen) atoms. The number of alkyl halides is 3. The molecule has 9 heteroatoms. The average molecular weight is 397 g/mol. The van der Waals surface area contributed by atoms with Crippen LogP contribution in [-0.4, -0.2) is 73.7 Å². The number of hydrogen-bond acceptors (Lipinski definition) is 3. The van der Waals surface area contributed by atoms with Crippen molar-refractivity contribution in [3.63, 3.8) is 0 Å². The molecule has 2 heterocycles. The Morgan fingerprint density at radius 1 is 1.25 bits per heavy atom. The van der Waals surface area contributed by atoms with E-state index in [0.29, 0.717) is 38.6 Å². The van der Waals surface area contributed by atoms with Gasteiger partial charge in [0.05, 0.1) is 13.1 Å². The number of nitrogens with zero attached hydrogens (tertiary/aromatic N) is 3. The zero-order chi connectivity index (χ0) is 20.1. The van der Waals surface area contributed by atoms with Gasteiger partial charge in [0.15, 0.2) is 5.96 Å². The Balaban J connectivity index is 1.44. The highest BCUT2D eigenvalue weighted by Crippen LogP contribution is 2.20. The maximum Gasteiger partial charge on any atom is 0.401 e. The van der Waals surface area contributed by atoms with E-state index in [1.807, 2.05) is 23.1 Å². The van der Waals surface area contributed by atoms with Crippen molar-refractivity contribution < 1.29 is 18.0 Å². The Hall–Kier alpha value is -2.29. The summed E-state index contributed by atoms with van der Waals surface area (Å²) in [6, 6.07) is 7.98. The highest BCUT2D eigenvalue weighted by atomic mass is 19.4. The van der Waals surface area contributed by atoms with Crippen LogP contribution in [0.15, 0.2) is 29.3 Å². The Morgan fingerprint density at radius 3 is 2.71 bits per heavy atom. The van der Waals surface area contributed by atoms with Gasteiger partial charge in [-0.3, -0.25) is 14.7 Å². The SMILES string of the molecule is CN=C(NCC(=O)N1CCc2ccccc2C1)NC1CCN(CC(F)(F)F)C1. The molecule has 0 aromatic heterocycles. The normalized spacial score (nSPS) is 20.8. The van der Waals surface area contributed by atoms with Gasteiger partial charge in [0.1, 0.15) is 0 Å². The molecule has 1 aromatic carbocycles. The Morgan fingerprint density at radius 2 is 2.00 bits per heavy atom. The van der Waals surface area contributed by atoms with Crippen molar-refractivity contribution in [2.45, 2.75) is 31.6 Å². The first kappa shape index (κ1) is 20.4. The van der Waals surface area contributed by atoms with E-state index in [1.54, 1.807) is 7.05 Å². The lowest BCUT2D eigenvalue weighted by molar-refractivity contribution is -0.143. The van der Waals surface area contributed by atoms with Crippen molar-refractivity contribution in [1.29, 1.82) is 0 Å². The number of hydrogen-bond donors (Lipinski definition) is 2. The predicted molar refractivity (Wildman–Crippen MR) is 101 cm³/mol. The maximum atomic E-state index is 12.5. The molecule has 1 aromatic rings. The summed E-state index contributed by atoms with van der Waals surface area (Å²) >= 11 is 0. The molecule has 1 amide bonds. The molecule has 0 aliphatic carbocycles. The van der Waals surface area contributed by atoms with E-state index in [9.17, 15) is 18.0 Å². The van der Waals surface area contributed by atoms with Gasteiger partial charge in [-0.05, 0) is 24.0 Å². The van der Waals surface area contributed by atoms with Crippen molar-refractivity contribution in [3.05, 3.63) is 35.4 Å². The number of benzene rings is 1. The van der Waals surface area contributed by atoms with E-state index in [4.69, 9.17) is 0 Å². The van der Waals surface area contributed by atoms with Gasteiger partial charge >= 0.3 is 6.18 Å². The third-order valence-corrected chi connectivity index (χ3v) is 5.13. The molecule has 0 radical (unpaired) electrons. The van der Waals surface area contributed by atoms with Gasteiger partial charge in [-0.15, -0.1) is 0 Å². The average Bonchev–Trinajstić information content (AvgIpc) is 3.09. The zero-order valence-electron chi connectivity index (χ0n) is 15.9. The molecule has 1 unspecified atom stereocenters. The van der Waals surface area contributed by atoms with E-state index >= 15 is 0 Å². The van der Waals surface area contributed by atoms with Crippen LogP contribution in [0, 0.1) is 0 Å². The second kappa shape index (κ2) is 8.81. The molecule has 1 saturated heterocycles. The van der Waals surface area contributed by atoms with E-state index in [2.05, 4.69) is 21.7 Å². The summed E-state index contributed by atoms with van der Waals surface area (Å²) in [5.41, 5.74) is 2.45. The lowest BCUT2D eigenvalue weighted by Crippen LogP contribution is -2.49. The first-order valence-corrected chi connectivity index (χ1v) is 9.45. The molecule has 2 aliphatic rings. The lowest BCUT2D eigenvalue weighted by atomic mass is 10.00. The van der Waals surface area contributed by atoms with Crippen LogP contribution >= 0.6 is 0 Å². The van der Waals surface area contributed by atoms with E-state index < -0.39 is 12.7 Å². The van der Waals surface area contributed by atoms with Crippen LogP contribution in [0.1, 0.15) is 17.5 Å². The third kappa shape index (κ3) is 5.60. The number of halogens is 3. The monoisotopic (exact) mass is 397 g/mol. The van der Waals surface area contributed by atoms with Crippen LogP contribution in [-0.2, 0) is 17.8 Å². The van der Waals surface area contributed by atoms with E-state index in [-0.39, 0.29) is 18.5 Å². The molecule has 1 atom stereocenters. The van der Waals surface area contributed by atoms with Crippen molar-refractivity contribution >= 4 is 11.9 Å². The fraction of sp³-hybridized carbons (Fsp3) is 0.579. The van der Waals surface area contributed by atoms with Crippen LogP contribution in [0.4, 0.5) is 13.2 Å². The predicted octanol–water partition coefficient (Wildman–Crippen LogP) is 1.37. The van der Waals surface area contributed by atoms with Crippen molar-refractivity contribution in [3.8, 4) is 0 Å². The molecule has 2 N–H and O–H groups in total. The lowest BCUT2D eigenvalue weighted by Gasteiger charge is -2.29. The Kier molecular flexibility index (Phi) is 6.43. The maximum absolute atomic E-state index is 12.5. The van der Waals surface area contributed by atoms with Gasteiger partial charge in [-0.25, -0.2) is 0 Å². The minimum Gasteiger partial charge on any atom is -0.352 e. The second-order valence-corrected chi connectivity index (χ2v) is 7.24. The molecule has 6 nitrogen and oxygen atoms in total. The Bertz CT molecular complexity index is 722. The van der Waals surface area contributed by atoms with Gasteiger partial charge in [0.25, 0.3) is 0 Å². The van der Waals surface area contributed by atoms with Crippen molar-refractivity contribution in [1.82, 2.24) is 20.4 Å². The molecule has 2 aliphatic heterocycles. The van der Waals surface area contributed by atoms with Crippen LogP contribution in [0.3, 0.4) is 0 Å². The molecule has 3 rings (SSSR count). The highest BCUT2D eigenvalue weighted by Gasteiger charge is 2.34. The summed E-state index contributed by atoms with van der Waals surface area (Å²) < 4.78 is 37.5. The zero-order valence-corrected chi connectivity index (χ0v) is 15.9. The summed E-state index contributed by atoms with van der Waals surface area (Å²) in [4.78, 5) is 19.8. The quantitative estimate of drug-likeness (QED) is 0.595. The second-order valence-electron chi connectivity index (χ2n) is 7.24. The number of likely N-dealkylation sites (tertiary alicyclic amines) is 1. The summed E-state index contributed by atoms with van der Waals surface area (Å²) in [5, 5.41) is 6.10. The van der Waals surface area contributed by atoms with Crippen LogP contribution in [0.2, 0.25) is 0 Å².